The Morgan fingerprint density at radius 1 is 0.930 bits per heavy atom. The predicted molar refractivity (Wildman–Crippen MR) is 158 cm³/mol. The molecule has 12 nitrogen and oxygen atoms in total. The van der Waals surface area contributed by atoms with Gasteiger partial charge in [0.05, 0.1) is 22.8 Å². The Bertz CT molecular complexity index is 1940. The average Bonchev–Trinajstić information content (AvgIpc) is 3.48. The van der Waals surface area contributed by atoms with Crippen molar-refractivity contribution in [1.82, 2.24) is 39.7 Å². The van der Waals surface area contributed by atoms with E-state index in [-0.39, 0.29) is 40.4 Å². The van der Waals surface area contributed by atoms with Gasteiger partial charge in [-0.15, -0.1) is 0 Å². The highest BCUT2D eigenvalue weighted by Crippen LogP contribution is 2.47. The van der Waals surface area contributed by atoms with Crippen LogP contribution in [0.4, 0.5) is 5.82 Å². The van der Waals surface area contributed by atoms with E-state index in [1.165, 1.54) is 10.8 Å². The first-order valence-electron chi connectivity index (χ1n) is 14.5. The van der Waals surface area contributed by atoms with Gasteiger partial charge in [0.1, 0.15) is 17.0 Å². The third-order valence-electron chi connectivity index (χ3n) is 9.03. The second-order valence-corrected chi connectivity index (χ2v) is 13.8. The number of nitrogens with two attached hydrogens (primary N) is 1. The molecule has 4 aromatic heterocycles. The molecule has 2 saturated heterocycles. The second-order valence-electron chi connectivity index (χ2n) is 11.6. The van der Waals surface area contributed by atoms with Crippen LogP contribution < -0.4 is 5.73 Å². The number of anilines is 1. The largest absolute Gasteiger partial charge is 0.382 e. The summed E-state index contributed by atoms with van der Waals surface area (Å²) in [7, 11) is -3.70. The van der Waals surface area contributed by atoms with Crippen LogP contribution in [-0.4, -0.2) is 71.3 Å². The number of nitrogens with zero attached hydrogens (tertiary/aromatic N) is 7. The molecule has 5 aromatic rings. The summed E-state index contributed by atoms with van der Waals surface area (Å²) in [4.78, 5) is 29.0. The van der Waals surface area contributed by atoms with Gasteiger partial charge >= 0.3 is 0 Å². The van der Waals surface area contributed by atoms with Crippen LogP contribution in [0.3, 0.4) is 0 Å². The summed E-state index contributed by atoms with van der Waals surface area (Å²) >= 11 is 0. The molecule has 3 aliphatic rings. The Hall–Kier alpha value is -4.65. The standard InChI is InChI=1S/C30H29N9O3S/c31-27-26(43(41,42)22-9-10-22)25(19-12-20-7-8-21(13-19)38(20)30(40)28-33-16-34-37-28)36-29-23(15-35-39(27)29)18-6-11-24(32-14-18)17-4-2-1-3-5-17/h1-6,11,14-16,19-22H,7-10,12-13,31H2,(H,33,34,37)/t19?,20-,21+. The number of carbonyl (C=O) groups excluding carboxylic acids is 1. The van der Waals surface area contributed by atoms with Gasteiger partial charge in [0.2, 0.25) is 5.82 Å². The van der Waals surface area contributed by atoms with Crippen molar-refractivity contribution in [3.05, 3.63) is 72.7 Å². The first-order valence-corrected chi connectivity index (χ1v) is 16.1. The van der Waals surface area contributed by atoms with Crippen molar-refractivity contribution in [2.45, 2.75) is 66.7 Å². The maximum atomic E-state index is 13.8. The summed E-state index contributed by atoms with van der Waals surface area (Å²) in [6.07, 6.45) is 8.83. The number of H-pyrrole nitrogens is 1. The molecule has 8 rings (SSSR count). The van der Waals surface area contributed by atoms with Gasteiger partial charge in [-0.25, -0.2) is 18.4 Å². The van der Waals surface area contributed by atoms with Crippen molar-refractivity contribution < 1.29 is 13.2 Å². The van der Waals surface area contributed by atoms with E-state index >= 15 is 0 Å². The van der Waals surface area contributed by atoms with E-state index in [1.807, 2.05) is 47.4 Å². The van der Waals surface area contributed by atoms with Crippen LogP contribution in [0.1, 0.15) is 60.8 Å². The Morgan fingerprint density at radius 2 is 1.70 bits per heavy atom. The third kappa shape index (κ3) is 4.21. The minimum absolute atomic E-state index is 0.0591. The molecular weight excluding hydrogens is 566 g/mol. The van der Waals surface area contributed by atoms with Gasteiger partial charge in [0.15, 0.2) is 15.5 Å². The molecule has 1 amide bonds. The summed E-state index contributed by atoms with van der Waals surface area (Å²) in [5.41, 5.74) is 11.0. The number of rotatable bonds is 6. The van der Waals surface area contributed by atoms with Crippen molar-refractivity contribution in [3.63, 3.8) is 0 Å². The van der Waals surface area contributed by atoms with Crippen LogP contribution in [0.15, 0.2) is 66.1 Å². The zero-order chi connectivity index (χ0) is 29.3. The Balaban J connectivity index is 1.21. The molecule has 0 spiro atoms. The van der Waals surface area contributed by atoms with Gasteiger partial charge in [-0.1, -0.05) is 36.4 Å². The second kappa shape index (κ2) is 9.69. The van der Waals surface area contributed by atoms with Crippen molar-refractivity contribution in [2.24, 2.45) is 0 Å². The van der Waals surface area contributed by atoms with E-state index < -0.39 is 15.1 Å². The number of hydrogen-bond donors (Lipinski definition) is 2. The van der Waals surface area contributed by atoms with Gasteiger partial charge in [-0.05, 0) is 44.6 Å². The lowest BCUT2D eigenvalue weighted by Gasteiger charge is -2.38. The van der Waals surface area contributed by atoms with E-state index in [0.717, 1.165) is 35.2 Å². The maximum absolute atomic E-state index is 13.8. The fourth-order valence-electron chi connectivity index (χ4n) is 6.83. The van der Waals surface area contributed by atoms with E-state index in [0.29, 0.717) is 37.0 Å². The average molecular weight is 596 g/mol. The lowest BCUT2D eigenvalue weighted by atomic mass is 9.87. The van der Waals surface area contributed by atoms with Gasteiger partial charge < -0.3 is 10.6 Å². The summed E-state index contributed by atoms with van der Waals surface area (Å²) < 4.78 is 29.1. The van der Waals surface area contributed by atoms with Crippen LogP contribution in [0.2, 0.25) is 0 Å². The van der Waals surface area contributed by atoms with E-state index in [2.05, 4.69) is 25.3 Å². The highest BCUT2D eigenvalue weighted by Gasteiger charge is 2.48. The molecule has 1 aliphatic carbocycles. The fraction of sp³-hybridized carbons (Fsp3) is 0.333. The molecule has 3 N–H and O–H groups in total. The number of amides is 1. The number of hydrogen-bond acceptors (Lipinski definition) is 9. The number of aromatic nitrogens is 7. The smallest absolute Gasteiger partial charge is 0.291 e. The number of nitrogens with one attached hydrogen (secondary N) is 1. The molecule has 13 heteroatoms. The number of nitrogen functional groups attached to an aromatic ring is 1. The molecule has 2 aliphatic heterocycles. The zero-order valence-electron chi connectivity index (χ0n) is 23.2. The first kappa shape index (κ1) is 26.0. The molecule has 3 atom stereocenters. The summed E-state index contributed by atoms with van der Waals surface area (Å²) in [5, 5.41) is 10.5. The lowest BCUT2D eigenvalue weighted by molar-refractivity contribution is 0.0556. The molecule has 1 unspecified atom stereocenters. The van der Waals surface area contributed by atoms with Crippen molar-refractivity contribution in [3.8, 4) is 22.4 Å². The third-order valence-corrected chi connectivity index (χ3v) is 11.4. The Morgan fingerprint density at radius 3 is 2.35 bits per heavy atom. The zero-order valence-corrected chi connectivity index (χ0v) is 24.0. The van der Waals surface area contributed by atoms with Gasteiger partial charge in [-0.2, -0.15) is 14.7 Å². The molecule has 3 fully saturated rings. The van der Waals surface area contributed by atoms with Crippen molar-refractivity contribution in [2.75, 3.05) is 5.73 Å². The summed E-state index contributed by atoms with van der Waals surface area (Å²) in [6.45, 7) is 0. The maximum Gasteiger partial charge on any atom is 0.291 e. The highest BCUT2D eigenvalue weighted by molar-refractivity contribution is 7.92. The molecule has 2 bridgehead atoms. The predicted octanol–water partition coefficient (Wildman–Crippen LogP) is 3.65. The number of pyridine rings is 1. The van der Waals surface area contributed by atoms with Crippen LogP contribution in [0.5, 0.6) is 0 Å². The number of piperidine rings is 1. The minimum atomic E-state index is -3.70. The van der Waals surface area contributed by atoms with Crippen LogP contribution >= 0.6 is 0 Å². The molecule has 1 saturated carbocycles. The number of aromatic amines is 1. The molecule has 6 heterocycles. The monoisotopic (exact) mass is 595 g/mol. The summed E-state index contributed by atoms with van der Waals surface area (Å²) in [5.74, 6) is -0.0679. The summed E-state index contributed by atoms with van der Waals surface area (Å²) in [6, 6.07) is 13.7. The van der Waals surface area contributed by atoms with Gasteiger partial charge in [0.25, 0.3) is 5.91 Å². The SMILES string of the molecule is Nc1c(S(=O)(=O)C2CC2)c(C2C[C@H]3CC[C@@H](C2)N3C(=O)c2ncn[nH]2)nc2c(-c3ccc(-c4ccccc4)nc3)cnn12. The Labute approximate surface area is 247 Å². The van der Waals surface area contributed by atoms with Crippen LogP contribution in [0.25, 0.3) is 28.0 Å². The van der Waals surface area contributed by atoms with Crippen LogP contribution in [0, 0.1) is 0 Å². The van der Waals surface area contributed by atoms with E-state index in [9.17, 15) is 13.2 Å². The lowest BCUT2D eigenvalue weighted by Crippen LogP contribution is -2.46. The molecular formula is C30H29N9O3S. The first-order chi connectivity index (χ1) is 20.9. The minimum Gasteiger partial charge on any atom is -0.382 e. The van der Waals surface area contributed by atoms with Gasteiger partial charge in [0, 0.05) is 40.9 Å². The number of benzene rings is 1. The molecule has 218 valence electrons. The van der Waals surface area contributed by atoms with E-state index in [1.54, 1.807) is 12.4 Å². The van der Waals surface area contributed by atoms with E-state index in [4.69, 9.17) is 10.7 Å². The highest BCUT2D eigenvalue weighted by atomic mass is 32.2. The molecule has 43 heavy (non-hydrogen) atoms. The van der Waals surface area contributed by atoms with Gasteiger partial charge in [-0.3, -0.25) is 14.9 Å². The number of fused-ring (bicyclic) bond motifs is 3. The van der Waals surface area contributed by atoms with Crippen molar-refractivity contribution in [1.29, 1.82) is 0 Å². The normalized spacial score (nSPS) is 21.9. The van der Waals surface area contributed by atoms with Crippen molar-refractivity contribution >= 4 is 27.2 Å². The van der Waals surface area contributed by atoms with Crippen LogP contribution in [-0.2, 0) is 9.84 Å². The quantitative estimate of drug-likeness (QED) is 0.298. The molecule has 1 aromatic carbocycles. The molecule has 0 radical (unpaired) electrons. The topological polar surface area (TPSA) is 165 Å². The fourth-order valence-corrected chi connectivity index (χ4v) is 8.80. The number of carbonyl (C=O) groups is 1. The number of sulfone groups is 1. The Kier molecular flexibility index (Phi) is 5.86.